The van der Waals surface area contributed by atoms with Crippen molar-refractivity contribution < 1.29 is 9.59 Å². The zero-order valence-electron chi connectivity index (χ0n) is 20.3. The van der Waals surface area contributed by atoms with Crippen LogP contribution in [-0.2, 0) is 11.3 Å². The van der Waals surface area contributed by atoms with E-state index in [1.54, 1.807) is 22.8 Å². The van der Waals surface area contributed by atoms with Crippen molar-refractivity contribution in [3.8, 4) is 0 Å². The Morgan fingerprint density at radius 1 is 1.17 bits per heavy atom. The van der Waals surface area contributed by atoms with Gasteiger partial charge in [-0.15, -0.1) is 16.9 Å². The Bertz CT molecular complexity index is 1210. The monoisotopic (exact) mass is 506 g/mol. The quantitative estimate of drug-likeness (QED) is 0.478. The van der Waals surface area contributed by atoms with Gasteiger partial charge in [0, 0.05) is 30.8 Å². The fourth-order valence-electron chi connectivity index (χ4n) is 4.41. The number of fused-ring (bicyclic) bond motifs is 1. The van der Waals surface area contributed by atoms with Crippen LogP contribution < -0.4 is 15.5 Å². The van der Waals surface area contributed by atoms with Gasteiger partial charge in [0.15, 0.2) is 0 Å². The molecule has 188 valence electrons. The summed E-state index contributed by atoms with van der Waals surface area (Å²) in [7, 11) is 1.71. The van der Waals surface area contributed by atoms with E-state index in [2.05, 4.69) is 30.6 Å². The maximum Gasteiger partial charge on any atom is 0.291 e. The van der Waals surface area contributed by atoms with E-state index in [1.165, 1.54) is 30.9 Å². The van der Waals surface area contributed by atoms with E-state index < -0.39 is 11.9 Å². The van der Waals surface area contributed by atoms with E-state index in [1.807, 2.05) is 36.4 Å². The van der Waals surface area contributed by atoms with Crippen LogP contribution in [0.3, 0.4) is 0 Å². The van der Waals surface area contributed by atoms with Crippen LogP contribution in [0.25, 0.3) is 0 Å². The van der Waals surface area contributed by atoms with Crippen LogP contribution >= 0.6 is 11.8 Å². The molecule has 3 aromatic rings. The lowest BCUT2D eigenvalue weighted by Crippen LogP contribution is -2.48. The van der Waals surface area contributed by atoms with Crippen molar-refractivity contribution in [3.63, 3.8) is 0 Å². The van der Waals surface area contributed by atoms with Crippen LogP contribution in [0.1, 0.15) is 29.0 Å². The minimum atomic E-state index is -0.701. The number of amides is 2. The van der Waals surface area contributed by atoms with Gasteiger partial charge in [0.25, 0.3) is 5.91 Å². The van der Waals surface area contributed by atoms with Gasteiger partial charge in [-0.2, -0.15) is 0 Å². The molecule has 4 heterocycles. The van der Waals surface area contributed by atoms with E-state index >= 15 is 0 Å². The van der Waals surface area contributed by atoms with Crippen molar-refractivity contribution >= 4 is 35.1 Å². The lowest BCUT2D eigenvalue weighted by atomic mass is 10.2. The van der Waals surface area contributed by atoms with Gasteiger partial charge in [0.2, 0.25) is 11.7 Å². The Balaban J connectivity index is 1.19. The molecule has 2 aliphatic heterocycles. The first-order valence-electron chi connectivity index (χ1n) is 12.2. The standard InChI is InChI=1S/C25H30N8O2S/c1-31-20-14-27-22(26-9-12-32-10-5-6-11-32)13-21(20)36-16-19(25(31)35)29-24(34)23-28-17-33(30-23)15-18-7-3-2-4-8-18/h2-4,7-8,13-14,17,19H,5-6,9-12,15-16H2,1H3,(H,26,27)(H,29,34)/t19-/m0/s1. The highest BCUT2D eigenvalue weighted by Crippen LogP contribution is 2.34. The van der Waals surface area contributed by atoms with Crippen LogP contribution in [0.15, 0.2) is 53.8 Å². The summed E-state index contributed by atoms with van der Waals surface area (Å²) in [6.07, 6.45) is 5.79. The smallest absolute Gasteiger partial charge is 0.291 e. The van der Waals surface area contributed by atoms with Crippen LogP contribution in [0.2, 0.25) is 0 Å². The summed E-state index contributed by atoms with van der Waals surface area (Å²) in [5.74, 6) is 0.567. The van der Waals surface area contributed by atoms with Crippen LogP contribution in [0.5, 0.6) is 0 Å². The molecule has 0 bridgehead atoms. The van der Waals surface area contributed by atoms with E-state index in [0.717, 1.165) is 48.1 Å². The number of hydrogen-bond acceptors (Lipinski definition) is 8. The van der Waals surface area contributed by atoms with Crippen molar-refractivity contribution in [1.29, 1.82) is 0 Å². The summed E-state index contributed by atoms with van der Waals surface area (Å²) in [4.78, 5) is 39.6. The zero-order chi connectivity index (χ0) is 24.9. The highest BCUT2D eigenvalue weighted by molar-refractivity contribution is 7.99. The van der Waals surface area contributed by atoms with Crippen molar-refractivity contribution in [3.05, 3.63) is 60.3 Å². The van der Waals surface area contributed by atoms with Crippen LogP contribution in [0.4, 0.5) is 11.5 Å². The summed E-state index contributed by atoms with van der Waals surface area (Å²) in [6.45, 7) is 4.66. The van der Waals surface area contributed by atoms with Crippen LogP contribution in [0, 0.1) is 0 Å². The number of likely N-dealkylation sites (tertiary alicyclic amines) is 1. The maximum atomic E-state index is 13.1. The topological polar surface area (TPSA) is 108 Å². The summed E-state index contributed by atoms with van der Waals surface area (Å²) >= 11 is 1.53. The normalized spacial score (nSPS) is 18.1. The van der Waals surface area contributed by atoms with Gasteiger partial charge < -0.3 is 20.4 Å². The first-order chi connectivity index (χ1) is 17.6. The molecule has 0 radical (unpaired) electrons. The number of hydrogen-bond donors (Lipinski definition) is 2. The Morgan fingerprint density at radius 2 is 1.97 bits per heavy atom. The summed E-state index contributed by atoms with van der Waals surface area (Å²) in [5.41, 5.74) is 1.79. The van der Waals surface area contributed by atoms with Gasteiger partial charge in [-0.25, -0.2) is 14.6 Å². The second-order valence-electron chi connectivity index (χ2n) is 9.00. The van der Waals surface area contributed by atoms with Gasteiger partial charge in [-0.3, -0.25) is 9.59 Å². The zero-order valence-corrected chi connectivity index (χ0v) is 21.1. The lowest BCUT2D eigenvalue weighted by molar-refractivity contribution is -0.119. The number of pyridine rings is 1. The van der Waals surface area contributed by atoms with Gasteiger partial charge in [0.1, 0.15) is 18.2 Å². The predicted octanol–water partition coefficient (Wildman–Crippen LogP) is 2.10. The second-order valence-corrected chi connectivity index (χ2v) is 10.1. The minimum Gasteiger partial charge on any atom is -0.369 e. The molecule has 2 N–H and O–H groups in total. The molecule has 2 aromatic heterocycles. The molecular weight excluding hydrogens is 476 g/mol. The lowest BCUT2D eigenvalue weighted by Gasteiger charge is -2.21. The third-order valence-electron chi connectivity index (χ3n) is 6.41. The molecule has 0 unspecified atom stereocenters. The molecular formula is C25H30N8O2S. The van der Waals surface area contributed by atoms with Crippen molar-refractivity contribution in [1.82, 2.24) is 30.0 Å². The Morgan fingerprint density at radius 3 is 2.78 bits per heavy atom. The summed E-state index contributed by atoms with van der Waals surface area (Å²) < 4.78 is 1.61. The fraction of sp³-hybridized carbons (Fsp3) is 0.400. The van der Waals surface area contributed by atoms with E-state index in [4.69, 9.17) is 0 Å². The first kappa shape index (κ1) is 24.3. The number of thioether (sulfide) groups is 1. The molecule has 11 heteroatoms. The van der Waals surface area contributed by atoms with Crippen molar-refractivity contribution in [2.75, 3.05) is 49.2 Å². The molecule has 2 amide bonds. The minimum absolute atomic E-state index is 0.0410. The fourth-order valence-corrected chi connectivity index (χ4v) is 5.52. The Kier molecular flexibility index (Phi) is 7.47. The number of nitrogens with zero attached hydrogens (tertiary/aromatic N) is 6. The third-order valence-corrected chi connectivity index (χ3v) is 7.54. The highest BCUT2D eigenvalue weighted by atomic mass is 32.2. The van der Waals surface area contributed by atoms with Gasteiger partial charge in [-0.05, 0) is 37.6 Å². The number of anilines is 2. The molecule has 0 saturated carbocycles. The summed E-state index contributed by atoms with van der Waals surface area (Å²) in [5, 5.41) is 10.5. The van der Waals surface area contributed by atoms with Crippen molar-refractivity contribution in [2.45, 2.75) is 30.3 Å². The number of carbonyl (C=O) groups is 2. The van der Waals surface area contributed by atoms with Crippen LogP contribution in [-0.4, -0.2) is 81.5 Å². The number of carbonyl (C=O) groups excluding carboxylic acids is 2. The largest absolute Gasteiger partial charge is 0.369 e. The SMILES string of the molecule is CN1C(=O)[C@@H](NC(=O)c2ncn(Cc3ccccc3)n2)CSc2cc(NCCN3CCCC3)ncc21. The molecule has 5 rings (SSSR count). The Labute approximate surface area is 214 Å². The number of likely N-dealkylation sites (N-methyl/N-ethyl adjacent to an activating group) is 1. The maximum absolute atomic E-state index is 13.1. The molecule has 0 spiro atoms. The Hall–Kier alpha value is -3.44. The van der Waals surface area contributed by atoms with E-state index in [9.17, 15) is 9.59 Å². The molecule has 36 heavy (non-hydrogen) atoms. The molecule has 1 atom stereocenters. The van der Waals surface area contributed by atoms with Gasteiger partial charge >= 0.3 is 0 Å². The van der Waals surface area contributed by atoms with Gasteiger partial charge in [-0.1, -0.05) is 30.3 Å². The first-order valence-corrected chi connectivity index (χ1v) is 13.2. The number of aromatic nitrogens is 4. The average Bonchev–Trinajstić information content (AvgIpc) is 3.57. The summed E-state index contributed by atoms with van der Waals surface area (Å²) in [6, 6.07) is 11.1. The van der Waals surface area contributed by atoms with E-state index in [-0.39, 0.29) is 11.7 Å². The predicted molar refractivity (Wildman–Crippen MR) is 139 cm³/mol. The van der Waals surface area contributed by atoms with Crippen molar-refractivity contribution in [2.24, 2.45) is 0 Å². The van der Waals surface area contributed by atoms with E-state index in [0.29, 0.717) is 12.3 Å². The molecule has 1 fully saturated rings. The number of nitrogens with one attached hydrogen (secondary N) is 2. The van der Waals surface area contributed by atoms with Gasteiger partial charge in [0.05, 0.1) is 18.4 Å². The number of rotatable bonds is 8. The third kappa shape index (κ3) is 5.68. The molecule has 2 aliphatic rings. The average molecular weight is 507 g/mol. The second kappa shape index (κ2) is 11.1. The molecule has 1 aromatic carbocycles. The molecule has 10 nitrogen and oxygen atoms in total. The highest BCUT2D eigenvalue weighted by Gasteiger charge is 2.31. The number of benzene rings is 1. The molecule has 1 saturated heterocycles. The molecule has 0 aliphatic carbocycles.